The van der Waals surface area contributed by atoms with E-state index in [1.165, 1.54) is 11.0 Å². The van der Waals surface area contributed by atoms with Crippen molar-refractivity contribution in [2.75, 3.05) is 13.2 Å². The number of aromatic nitrogens is 7. The maximum atomic E-state index is 12.9. The average molecular weight is 524 g/mol. The van der Waals surface area contributed by atoms with Gasteiger partial charge < -0.3 is 29.4 Å². The monoisotopic (exact) mass is 523 g/mol. The van der Waals surface area contributed by atoms with Crippen molar-refractivity contribution in [3.8, 4) is 17.4 Å². The molecule has 0 bridgehead atoms. The summed E-state index contributed by atoms with van der Waals surface area (Å²) in [5.74, 6) is -0.776. The number of carbonyl (C=O) groups is 2. The van der Waals surface area contributed by atoms with Crippen molar-refractivity contribution in [1.29, 1.82) is 0 Å². The van der Waals surface area contributed by atoms with Gasteiger partial charge in [0, 0.05) is 12.4 Å². The molecule has 14 nitrogen and oxygen atoms in total. The van der Waals surface area contributed by atoms with Crippen LogP contribution in [-0.2, 0) is 19.1 Å². The minimum absolute atomic E-state index is 0.0997. The van der Waals surface area contributed by atoms with Crippen LogP contribution in [0.15, 0.2) is 36.9 Å². The molecule has 2 saturated heterocycles. The highest BCUT2D eigenvalue weighted by Crippen LogP contribution is 2.44. The Morgan fingerprint density at radius 3 is 2.63 bits per heavy atom. The lowest BCUT2D eigenvalue weighted by molar-refractivity contribution is -0.308. The predicted octanol–water partition coefficient (Wildman–Crippen LogP) is -0.0399. The Hall–Kier alpha value is -3.91. The van der Waals surface area contributed by atoms with E-state index >= 15 is 0 Å². The van der Waals surface area contributed by atoms with E-state index in [-0.39, 0.29) is 62.3 Å². The summed E-state index contributed by atoms with van der Waals surface area (Å²) in [6, 6.07) is 6.71. The third-order valence-electron chi connectivity index (χ3n) is 7.60. The van der Waals surface area contributed by atoms with E-state index in [0.717, 1.165) is 18.5 Å². The molecule has 0 radical (unpaired) electrons. The molecule has 4 heterocycles. The zero-order valence-corrected chi connectivity index (χ0v) is 20.5. The Morgan fingerprint density at radius 1 is 1.11 bits per heavy atom. The summed E-state index contributed by atoms with van der Waals surface area (Å²) < 4.78 is 21.1. The summed E-state index contributed by atoms with van der Waals surface area (Å²) in [5, 5.41) is 30.3. The quantitative estimate of drug-likeness (QED) is 0.399. The fraction of sp³-hybridized carbons (Fsp3) is 0.542. The van der Waals surface area contributed by atoms with Crippen molar-refractivity contribution in [2.45, 2.75) is 62.8 Å². The summed E-state index contributed by atoms with van der Waals surface area (Å²) in [5.41, 5.74) is 0.292. The van der Waals surface area contributed by atoms with Crippen LogP contribution in [0.5, 0.6) is 11.8 Å². The molecule has 1 aromatic carbocycles. The maximum absolute atomic E-state index is 12.9. The molecular weight excluding hydrogens is 496 g/mol. The summed E-state index contributed by atoms with van der Waals surface area (Å²) in [6.07, 6.45) is 5.61. The van der Waals surface area contributed by atoms with E-state index < -0.39 is 11.4 Å². The number of amides is 1. The lowest BCUT2D eigenvalue weighted by atomic mass is 9.79. The minimum Gasteiger partial charge on any atom is -0.550 e. The number of carboxylic acid groups (broad SMARTS) is 1. The predicted molar refractivity (Wildman–Crippen MR) is 125 cm³/mol. The van der Waals surface area contributed by atoms with Crippen LogP contribution in [0.1, 0.15) is 44.6 Å². The third kappa shape index (κ3) is 4.84. The van der Waals surface area contributed by atoms with Gasteiger partial charge in [0.1, 0.15) is 36.7 Å². The van der Waals surface area contributed by atoms with Crippen LogP contribution in [0.4, 0.5) is 0 Å². The number of hydrogen-bond donors (Lipinski definition) is 1. The first-order chi connectivity index (χ1) is 18.5. The van der Waals surface area contributed by atoms with Gasteiger partial charge in [0.25, 0.3) is 0 Å². The molecule has 2 aromatic heterocycles. The number of fused-ring (bicyclic) bond motifs is 1. The second-order valence-electron chi connectivity index (χ2n) is 10.1. The molecule has 6 rings (SSSR count). The van der Waals surface area contributed by atoms with Crippen LogP contribution in [-0.4, -0.2) is 78.3 Å². The molecule has 200 valence electrons. The highest BCUT2D eigenvalue weighted by atomic mass is 16.6. The molecule has 0 spiro atoms. The van der Waals surface area contributed by atoms with Gasteiger partial charge in [0.15, 0.2) is 0 Å². The van der Waals surface area contributed by atoms with E-state index in [1.54, 1.807) is 23.1 Å². The smallest absolute Gasteiger partial charge is 0.341 e. The van der Waals surface area contributed by atoms with Crippen LogP contribution < -0.4 is 15.2 Å². The van der Waals surface area contributed by atoms with Gasteiger partial charge in [-0.15, -0.1) is 0 Å². The van der Waals surface area contributed by atoms with Crippen LogP contribution >= 0.6 is 0 Å². The first kappa shape index (κ1) is 24.4. The van der Waals surface area contributed by atoms with Gasteiger partial charge in [0.05, 0.1) is 24.9 Å². The molecule has 3 aromatic rings. The zero-order valence-electron chi connectivity index (χ0n) is 20.5. The summed E-state index contributed by atoms with van der Waals surface area (Å²) >= 11 is 0. The number of ether oxygens (including phenoxy) is 3. The van der Waals surface area contributed by atoms with Crippen molar-refractivity contribution in [1.82, 2.24) is 40.3 Å². The fourth-order valence-corrected chi connectivity index (χ4v) is 5.83. The summed E-state index contributed by atoms with van der Waals surface area (Å²) in [6.45, 7) is 0.552. The Kier molecular flexibility index (Phi) is 6.49. The Bertz CT molecular complexity index is 1270. The van der Waals surface area contributed by atoms with Crippen molar-refractivity contribution in [3.63, 3.8) is 0 Å². The Morgan fingerprint density at radius 2 is 1.89 bits per heavy atom. The molecule has 4 atom stereocenters. The number of nitrogens with zero attached hydrogens (tertiary/aromatic N) is 7. The van der Waals surface area contributed by atoms with Gasteiger partial charge in [0.2, 0.25) is 5.91 Å². The number of rotatable bonds is 9. The van der Waals surface area contributed by atoms with Crippen LogP contribution in [0.2, 0.25) is 0 Å². The molecule has 1 amide bonds. The average Bonchev–Trinajstić information content (AvgIpc) is 3.71. The van der Waals surface area contributed by atoms with Gasteiger partial charge in [-0.25, -0.2) is 9.67 Å². The number of hydrogen-bond acceptors (Lipinski definition) is 11. The highest BCUT2D eigenvalue weighted by Gasteiger charge is 2.50. The lowest BCUT2D eigenvalue weighted by Crippen LogP contribution is -2.46. The van der Waals surface area contributed by atoms with E-state index in [0.29, 0.717) is 18.6 Å². The number of tetrazole rings is 1. The van der Waals surface area contributed by atoms with Crippen molar-refractivity contribution < 1.29 is 28.9 Å². The van der Waals surface area contributed by atoms with E-state index in [2.05, 4.69) is 30.9 Å². The molecule has 3 fully saturated rings. The fourth-order valence-electron chi connectivity index (χ4n) is 5.83. The number of carboxylic acids is 1. The van der Waals surface area contributed by atoms with Crippen molar-refractivity contribution in [3.05, 3.63) is 36.9 Å². The topological polar surface area (TPSA) is 171 Å². The molecule has 3 aliphatic rings. The molecule has 1 aliphatic carbocycles. The van der Waals surface area contributed by atoms with E-state index in [1.807, 2.05) is 12.1 Å². The number of carbonyl (C=O) groups excluding carboxylic acids is 2. The zero-order chi connectivity index (χ0) is 26.1. The van der Waals surface area contributed by atoms with Gasteiger partial charge in [-0.3, -0.25) is 4.79 Å². The molecule has 2 aliphatic heterocycles. The minimum atomic E-state index is -1.11. The standard InChI is InChI=1S/C24H28N8O6/c33-19(9-24(10-20(34)35)7-1-2-8-24)27-17-11-36-22-18(12-37-21(17)22)32-23(28-29-30-32)38-16-5-3-15(4-6-16)31-14-25-13-26-31/h3-6,13-14,17-18,21-22H,1-2,7-12H2,(H,27,33)(H,34,35)/p-1/t17-,18-,21+,22+/m0/s1. The molecule has 0 unspecified atom stereocenters. The summed E-state index contributed by atoms with van der Waals surface area (Å²) in [4.78, 5) is 28.1. The third-order valence-corrected chi connectivity index (χ3v) is 7.60. The molecule has 14 heteroatoms. The van der Waals surface area contributed by atoms with Crippen molar-refractivity contribution in [2.24, 2.45) is 5.41 Å². The van der Waals surface area contributed by atoms with Gasteiger partial charge in [-0.1, -0.05) is 17.9 Å². The van der Waals surface area contributed by atoms with Gasteiger partial charge in [-0.2, -0.15) is 9.78 Å². The normalized spacial score (nSPS) is 25.8. The lowest BCUT2D eigenvalue weighted by Gasteiger charge is -2.29. The van der Waals surface area contributed by atoms with Gasteiger partial charge >= 0.3 is 6.01 Å². The molecule has 1 saturated carbocycles. The molecule has 1 N–H and O–H groups in total. The second kappa shape index (κ2) is 10.1. The maximum Gasteiger partial charge on any atom is 0.341 e. The Balaban J connectivity index is 1.09. The van der Waals surface area contributed by atoms with Crippen LogP contribution in [0.3, 0.4) is 0 Å². The van der Waals surface area contributed by atoms with E-state index in [4.69, 9.17) is 14.2 Å². The number of aliphatic carboxylic acids is 1. The van der Waals surface area contributed by atoms with E-state index in [9.17, 15) is 14.7 Å². The molecular formula is C24H27N8O6-. The number of nitrogens with one attached hydrogen (secondary N) is 1. The van der Waals surface area contributed by atoms with Gasteiger partial charge in [-0.05, 0) is 59.4 Å². The van der Waals surface area contributed by atoms with Crippen molar-refractivity contribution >= 4 is 11.9 Å². The molecule has 38 heavy (non-hydrogen) atoms. The highest BCUT2D eigenvalue weighted by molar-refractivity contribution is 5.78. The second-order valence-corrected chi connectivity index (χ2v) is 10.1. The largest absolute Gasteiger partial charge is 0.550 e. The van der Waals surface area contributed by atoms with Crippen LogP contribution in [0.25, 0.3) is 5.69 Å². The van der Waals surface area contributed by atoms with Crippen LogP contribution in [0, 0.1) is 5.41 Å². The first-order valence-electron chi connectivity index (χ1n) is 12.6. The Labute approximate surface area is 217 Å². The number of benzene rings is 1. The summed E-state index contributed by atoms with van der Waals surface area (Å²) in [7, 11) is 0. The first-order valence-corrected chi connectivity index (χ1v) is 12.6. The SMILES string of the molecule is O=C([O-])CC1(CC(=O)N[C@H]2CO[C@H]3[C@@H]2OC[C@@H]3n2nnnc2Oc2ccc(-n3cncn3)cc2)CCCC1.